The Labute approximate surface area is 135 Å². The van der Waals surface area contributed by atoms with Gasteiger partial charge >= 0.3 is 11.9 Å². The van der Waals surface area contributed by atoms with Gasteiger partial charge in [-0.05, 0) is 19.3 Å². The molecule has 0 saturated heterocycles. The average molecular weight is 314 g/mol. The third-order valence-electron chi connectivity index (χ3n) is 3.68. The van der Waals surface area contributed by atoms with Crippen LogP contribution in [0.3, 0.4) is 0 Å². The highest BCUT2D eigenvalue weighted by Crippen LogP contribution is 2.10. The molecule has 0 fully saturated rings. The highest BCUT2D eigenvalue weighted by atomic mass is 16.6. The Kier molecular flexibility index (Phi) is 14.1. The third kappa shape index (κ3) is 12.7. The zero-order valence-electron chi connectivity index (χ0n) is 14.7. The minimum Gasteiger partial charge on any atom is -0.465 e. The molecule has 0 aliphatic rings. The van der Waals surface area contributed by atoms with Crippen LogP contribution in [0.25, 0.3) is 0 Å². The summed E-state index contributed by atoms with van der Waals surface area (Å²) >= 11 is 0. The highest BCUT2D eigenvalue weighted by molar-refractivity contribution is 5.91. The minimum absolute atomic E-state index is 0.0705. The SMILES string of the molecule is CCCCCCCCOC(=O)CC(=O)OC(CC)CCCC. The van der Waals surface area contributed by atoms with Crippen molar-refractivity contribution in [3.05, 3.63) is 0 Å². The van der Waals surface area contributed by atoms with Gasteiger partial charge in [0.15, 0.2) is 0 Å². The van der Waals surface area contributed by atoms with Gasteiger partial charge in [0.25, 0.3) is 0 Å². The van der Waals surface area contributed by atoms with E-state index in [-0.39, 0.29) is 12.5 Å². The average Bonchev–Trinajstić information content (AvgIpc) is 2.50. The van der Waals surface area contributed by atoms with Crippen LogP contribution in [0.4, 0.5) is 0 Å². The van der Waals surface area contributed by atoms with Crippen molar-refractivity contribution < 1.29 is 19.1 Å². The smallest absolute Gasteiger partial charge is 0.317 e. The molecule has 0 radical (unpaired) electrons. The molecular formula is C18H34O4. The van der Waals surface area contributed by atoms with E-state index in [0.717, 1.165) is 38.5 Å². The largest absolute Gasteiger partial charge is 0.465 e. The lowest BCUT2D eigenvalue weighted by Gasteiger charge is -2.15. The fourth-order valence-corrected chi connectivity index (χ4v) is 2.24. The molecule has 0 aromatic rings. The van der Waals surface area contributed by atoms with E-state index in [1.807, 2.05) is 6.92 Å². The minimum atomic E-state index is -0.469. The first kappa shape index (κ1) is 20.9. The number of hydrogen-bond acceptors (Lipinski definition) is 4. The van der Waals surface area contributed by atoms with Crippen molar-refractivity contribution in [1.29, 1.82) is 0 Å². The first-order valence-electron chi connectivity index (χ1n) is 8.99. The zero-order valence-corrected chi connectivity index (χ0v) is 14.7. The molecule has 0 aromatic carbocycles. The van der Waals surface area contributed by atoms with Gasteiger partial charge in [-0.25, -0.2) is 0 Å². The summed E-state index contributed by atoms with van der Waals surface area (Å²) in [7, 11) is 0. The van der Waals surface area contributed by atoms with Crippen LogP contribution in [0.1, 0.15) is 91.4 Å². The first-order valence-corrected chi connectivity index (χ1v) is 8.99. The molecule has 0 saturated carbocycles. The zero-order chi connectivity index (χ0) is 16.6. The van der Waals surface area contributed by atoms with E-state index < -0.39 is 11.9 Å². The summed E-state index contributed by atoms with van der Waals surface area (Å²) in [6.45, 7) is 6.69. The van der Waals surface area contributed by atoms with Crippen LogP contribution < -0.4 is 0 Å². The fraction of sp³-hybridized carbons (Fsp3) is 0.889. The molecule has 4 heteroatoms. The van der Waals surface area contributed by atoms with E-state index in [1.54, 1.807) is 0 Å². The number of hydrogen-bond donors (Lipinski definition) is 0. The van der Waals surface area contributed by atoms with E-state index in [1.165, 1.54) is 25.7 Å². The van der Waals surface area contributed by atoms with Crippen LogP contribution in [0.2, 0.25) is 0 Å². The maximum absolute atomic E-state index is 11.7. The molecular weight excluding hydrogens is 280 g/mol. The Morgan fingerprint density at radius 2 is 1.45 bits per heavy atom. The number of carbonyl (C=O) groups excluding carboxylic acids is 2. The van der Waals surface area contributed by atoms with Crippen LogP contribution in [0.5, 0.6) is 0 Å². The monoisotopic (exact) mass is 314 g/mol. The number of rotatable bonds is 14. The summed E-state index contributed by atoms with van der Waals surface area (Å²) in [6.07, 6.45) is 10.3. The molecule has 0 N–H and O–H groups in total. The molecule has 1 atom stereocenters. The first-order chi connectivity index (χ1) is 10.6. The molecule has 1 unspecified atom stereocenters. The molecule has 0 aliphatic heterocycles. The van der Waals surface area contributed by atoms with Crippen LogP contribution in [0, 0.1) is 0 Å². The summed E-state index contributed by atoms with van der Waals surface area (Å²) in [6, 6.07) is 0. The van der Waals surface area contributed by atoms with Crippen molar-refractivity contribution in [2.75, 3.05) is 6.61 Å². The Morgan fingerprint density at radius 3 is 2.09 bits per heavy atom. The second kappa shape index (κ2) is 14.9. The van der Waals surface area contributed by atoms with Crippen molar-refractivity contribution in [3.8, 4) is 0 Å². The molecule has 0 rings (SSSR count). The summed E-state index contributed by atoms with van der Waals surface area (Å²) in [5.74, 6) is -0.931. The molecule has 0 spiro atoms. The Morgan fingerprint density at radius 1 is 0.818 bits per heavy atom. The fourth-order valence-electron chi connectivity index (χ4n) is 2.24. The number of esters is 2. The van der Waals surface area contributed by atoms with Gasteiger partial charge in [-0.15, -0.1) is 0 Å². The maximum atomic E-state index is 11.7. The van der Waals surface area contributed by atoms with Gasteiger partial charge in [0.2, 0.25) is 0 Å². The van der Waals surface area contributed by atoms with Crippen LogP contribution in [0.15, 0.2) is 0 Å². The van der Waals surface area contributed by atoms with Gasteiger partial charge in [0, 0.05) is 0 Å². The second-order valence-electron chi connectivity index (χ2n) is 5.83. The topological polar surface area (TPSA) is 52.6 Å². The predicted molar refractivity (Wildman–Crippen MR) is 88.6 cm³/mol. The summed E-state index contributed by atoms with van der Waals surface area (Å²) in [4.78, 5) is 23.2. The van der Waals surface area contributed by atoms with E-state index in [0.29, 0.717) is 6.61 Å². The number of ether oxygens (including phenoxy) is 2. The normalized spacial score (nSPS) is 12.0. The van der Waals surface area contributed by atoms with E-state index in [2.05, 4.69) is 13.8 Å². The Balaban J connectivity index is 3.66. The molecule has 130 valence electrons. The lowest BCUT2D eigenvalue weighted by molar-refractivity contribution is -0.158. The van der Waals surface area contributed by atoms with Gasteiger partial charge in [-0.2, -0.15) is 0 Å². The molecule has 4 nitrogen and oxygen atoms in total. The Bertz CT molecular complexity index is 289. The molecule has 0 aromatic heterocycles. The Hall–Kier alpha value is -1.06. The van der Waals surface area contributed by atoms with Gasteiger partial charge in [0.05, 0.1) is 6.61 Å². The van der Waals surface area contributed by atoms with Gasteiger partial charge in [-0.1, -0.05) is 65.7 Å². The second-order valence-corrected chi connectivity index (χ2v) is 5.83. The predicted octanol–water partition coefficient (Wildman–Crippen LogP) is 4.79. The van der Waals surface area contributed by atoms with Crippen LogP contribution >= 0.6 is 0 Å². The van der Waals surface area contributed by atoms with Crippen molar-refractivity contribution in [2.45, 2.75) is 97.5 Å². The highest BCUT2D eigenvalue weighted by Gasteiger charge is 2.16. The van der Waals surface area contributed by atoms with Gasteiger partial charge in [-0.3, -0.25) is 9.59 Å². The van der Waals surface area contributed by atoms with E-state index in [4.69, 9.17) is 9.47 Å². The molecule has 0 aliphatic carbocycles. The maximum Gasteiger partial charge on any atom is 0.317 e. The lowest BCUT2D eigenvalue weighted by Crippen LogP contribution is -2.21. The molecule has 22 heavy (non-hydrogen) atoms. The van der Waals surface area contributed by atoms with E-state index >= 15 is 0 Å². The summed E-state index contributed by atoms with van der Waals surface area (Å²) < 4.78 is 10.4. The van der Waals surface area contributed by atoms with Crippen molar-refractivity contribution in [3.63, 3.8) is 0 Å². The van der Waals surface area contributed by atoms with Gasteiger partial charge in [0.1, 0.15) is 12.5 Å². The van der Waals surface area contributed by atoms with Crippen molar-refractivity contribution >= 4 is 11.9 Å². The van der Waals surface area contributed by atoms with Crippen LogP contribution in [-0.2, 0) is 19.1 Å². The standard InChI is InChI=1S/C18H34O4/c1-4-7-9-10-11-12-14-21-17(19)15-18(20)22-16(6-3)13-8-5-2/h16H,4-15H2,1-3H3. The third-order valence-corrected chi connectivity index (χ3v) is 3.68. The molecule has 0 bridgehead atoms. The van der Waals surface area contributed by atoms with E-state index in [9.17, 15) is 9.59 Å². The number of unbranched alkanes of at least 4 members (excludes halogenated alkanes) is 6. The molecule has 0 amide bonds. The summed E-state index contributed by atoms with van der Waals surface area (Å²) in [5, 5.41) is 0. The number of carbonyl (C=O) groups is 2. The van der Waals surface area contributed by atoms with Gasteiger partial charge < -0.3 is 9.47 Å². The van der Waals surface area contributed by atoms with Crippen molar-refractivity contribution in [2.24, 2.45) is 0 Å². The lowest BCUT2D eigenvalue weighted by atomic mass is 10.1. The molecule has 0 heterocycles. The van der Waals surface area contributed by atoms with Crippen LogP contribution in [-0.4, -0.2) is 24.6 Å². The quantitative estimate of drug-likeness (QED) is 0.263. The van der Waals surface area contributed by atoms with Crippen molar-refractivity contribution in [1.82, 2.24) is 0 Å². The summed E-state index contributed by atoms with van der Waals surface area (Å²) in [5.41, 5.74) is 0.